The molecular formula is C22H30N2O4S2. The zero-order valence-corrected chi connectivity index (χ0v) is 19.6. The fourth-order valence-corrected chi connectivity index (χ4v) is 5.31. The molecule has 0 radical (unpaired) electrons. The maximum Gasteiger partial charge on any atom is 0.246 e. The molecule has 0 saturated heterocycles. The second kappa shape index (κ2) is 11.4. The van der Waals surface area contributed by atoms with Gasteiger partial charge in [-0.2, -0.15) is 4.31 Å². The molecule has 0 spiro atoms. The summed E-state index contributed by atoms with van der Waals surface area (Å²) in [4.78, 5) is 12.4. The lowest BCUT2D eigenvalue weighted by molar-refractivity contribution is -0.113. The number of hydrogen-bond acceptors (Lipinski definition) is 5. The summed E-state index contributed by atoms with van der Waals surface area (Å²) in [5, 5.41) is 2.80. The van der Waals surface area contributed by atoms with Crippen molar-refractivity contribution in [3.8, 4) is 5.75 Å². The summed E-state index contributed by atoms with van der Waals surface area (Å²) in [6, 6.07) is 12.9. The smallest absolute Gasteiger partial charge is 0.246 e. The van der Waals surface area contributed by atoms with E-state index >= 15 is 0 Å². The van der Waals surface area contributed by atoms with Crippen molar-refractivity contribution in [3.63, 3.8) is 0 Å². The quantitative estimate of drug-likeness (QED) is 0.553. The van der Waals surface area contributed by atoms with Gasteiger partial charge in [0.05, 0.1) is 12.4 Å². The second-order valence-electron chi connectivity index (χ2n) is 6.71. The number of carbonyl (C=O) groups is 1. The lowest BCUT2D eigenvalue weighted by atomic mass is 10.2. The van der Waals surface area contributed by atoms with Crippen molar-refractivity contribution in [3.05, 3.63) is 53.6 Å². The van der Waals surface area contributed by atoms with Crippen LogP contribution < -0.4 is 10.1 Å². The molecule has 6 nitrogen and oxygen atoms in total. The molecule has 8 heteroatoms. The summed E-state index contributed by atoms with van der Waals surface area (Å²) in [7, 11) is -3.72. The summed E-state index contributed by atoms with van der Waals surface area (Å²) < 4.78 is 32.9. The highest BCUT2D eigenvalue weighted by molar-refractivity contribution is 7.99. The van der Waals surface area contributed by atoms with Crippen LogP contribution in [0.4, 0.5) is 5.69 Å². The number of nitrogens with one attached hydrogen (secondary N) is 1. The Labute approximate surface area is 184 Å². The van der Waals surface area contributed by atoms with Gasteiger partial charge in [-0.3, -0.25) is 4.79 Å². The van der Waals surface area contributed by atoms with E-state index in [9.17, 15) is 13.2 Å². The lowest BCUT2D eigenvalue weighted by Crippen LogP contribution is -2.31. The number of rotatable bonds is 11. The summed E-state index contributed by atoms with van der Waals surface area (Å²) in [5.41, 5.74) is 2.80. The van der Waals surface area contributed by atoms with E-state index in [-0.39, 0.29) is 22.3 Å². The number of sulfonamides is 1. The van der Waals surface area contributed by atoms with E-state index in [2.05, 4.69) is 17.4 Å². The molecule has 0 fully saturated rings. The molecule has 30 heavy (non-hydrogen) atoms. The minimum Gasteiger partial charge on any atom is -0.492 e. The topological polar surface area (TPSA) is 75.7 Å². The average Bonchev–Trinajstić information content (AvgIpc) is 2.71. The van der Waals surface area contributed by atoms with Gasteiger partial charge in [-0.25, -0.2) is 8.42 Å². The van der Waals surface area contributed by atoms with Gasteiger partial charge in [0.15, 0.2) is 0 Å². The van der Waals surface area contributed by atoms with Gasteiger partial charge in [0.1, 0.15) is 10.6 Å². The maximum atomic E-state index is 13.0. The third-order valence-corrected chi connectivity index (χ3v) is 7.55. The Morgan fingerprint density at radius 1 is 1.07 bits per heavy atom. The van der Waals surface area contributed by atoms with Crippen LogP contribution >= 0.6 is 11.8 Å². The fraction of sp³-hybridized carbons (Fsp3) is 0.409. The number of aryl methyl sites for hydroxylation is 1. The Bertz CT molecular complexity index is 940. The van der Waals surface area contributed by atoms with Gasteiger partial charge in [0.25, 0.3) is 0 Å². The summed E-state index contributed by atoms with van der Waals surface area (Å²) in [6.07, 6.45) is 0. The van der Waals surface area contributed by atoms with E-state index < -0.39 is 10.0 Å². The molecule has 0 aromatic heterocycles. The molecule has 0 atom stereocenters. The number of benzene rings is 2. The third-order valence-electron chi connectivity index (χ3n) is 4.47. The summed E-state index contributed by atoms with van der Waals surface area (Å²) >= 11 is 1.51. The zero-order chi connectivity index (χ0) is 22.1. The minimum atomic E-state index is -3.72. The van der Waals surface area contributed by atoms with Gasteiger partial charge in [-0.15, -0.1) is 11.8 Å². The molecule has 164 valence electrons. The molecule has 0 heterocycles. The molecule has 0 unspecified atom stereocenters. The van der Waals surface area contributed by atoms with Crippen LogP contribution in [0.1, 0.15) is 31.9 Å². The largest absolute Gasteiger partial charge is 0.492 e. The van der Waals surface area contributed by atoms with E-state index in [0.717, 1.165) is 11.3 Å². The zero-order valence-electron chi connectivity index (χ0n) is 18.0. The molecule has 1 N–H and O–H groups in total. The lowest BCUT2D eigenvalue weighted by Gasteiger charge is -2.21. The van der Waals surface area contributed by atoms with Crippen molar-refractivity contribution in [1.29, 1.82) is 0 Å². The number of ether oxygens (including phenoxy) is 1. The molecule has 0 aliphatic carbocycles. The molecule has 0 bridgehead atoms. The van der Waals surface area contributed by atoms with E-state index in [1.54, 1.807) is 32.9 Å². The van der Waals surface area contributed by atoms with Crippen molar-refractivity contribution < 1.29 is 17.9 Å². The Morgan fingerprint density at radius 3 is 2.33 bits per heavy atom. The number of anilines is 1. The molecule has 2 aromatic rings. The first-order valence-corrected chi connectivity index (χ1v) is 12.6. The average molecular weight is 451 g/mol. The first kappa shape index (κ1) is 24.2. The highest BCUT2D eigenvalue weighted by Crippen LogP contribution is 2.30. The number of hydrogen-bond donors (Lipinski definition) is 1. The SMILES string of the molecule is CCOc1ccc(NC(=O)CSCc2ccc(C)cc2)cc1S(=O)(=O)N(CC)CC. The molecule has 0 aliphatic heterocycles. The monoisotopic (exact) mass is 450 g/mol. The summed E-state index contributed by atoms with van der Waals surface area (Å²) in [6.45, 7) is 8.48. The Morgan fingerprint density at radius 2 is 1.73 bits per heavy atom. The van der Waals surface area contributed by atoms with Crippen molar-refractivity contribution in [2.75, 3.05) is 30.8 Å². The highest BCUT2D eigenvalue weighted by atomic mass is 32.2. The van der Waals surface area contributed by atoms with Crippen LogP contribution in [-0.4, -0.2) is 44.1 Å². The number of amides is 1. The van der Waals surface area contributed by atoms with Crippen molar-refractivity contribution in [1.82, 2.24) is 4.31 Å². The van der Waals surface area contributed by atoms with Gasteiger partial charge in [-0.05, 0) is 37.6 Å². The molecular weight excluding hydrogens is 420 g/mol. The van der Waals surface area contributed by atoms with E-state index in [1.807, 2.05) is 19.1 Å². The van der Waals surface area contributed by atoms with Gasteiger partial charge in [0.2, 0.25) is 15.9 Å². The van der Waals surface area contributed by atoms with E-state index in [1.165, 1.54) is 27.7 Å². The summed E-state index contributed by atoms with van der Waals surface area (Å²) in [5.74, 6) is 1.12. The van der Waals surface area contributed by atoms with E-state index in [0.29, 0.717) is 25.4 Å². The minimum absolute atomic E-state index is 0.0677. The van der Waals surface area contributed by atoms with Crippen molar-refractivity contribution >= 4 is 33.4 Å². The first-order chi connectivity index (χ1) is 14.3. The fourth-order valence-electron chi connectivity index (χ4n) is 2.91. The van der Waals surface area contributed by atoms with Crippen LogP contribution in [0.15, 0.2) is 47.4 Å². The Hall–Kier alpha value is -2.03. The van der Waals surface area contributed by atoms with Crippen molar-refractivity contribution in [2.24, 2.45) is 0 Å². The van der Waals surface area contributed by atoms with Crippen LogP contribution in [0.2, 0.25) is 0 Å². The molecule has 0 aliphatic rings. The van der Waals surface area contributed by atoms with Gasteiger partial charge < -0.3 is 10.1 Å². The molecule has 2 rings (SSSR count). The van der Waals surface area contributed by atoms with Crippen LogP contribution in [0.25, 0.3) is 0 Å². The molecule has 0 saturated carbocycles. The molecule has 2 aromatic carbocycles. The van der Waals surface area contributed by atoms with Crippen LogP contribution in [0.5, 0.6) is 5.75 Å². The van der Waals surface area contributed by atoms with Crippen LogP contribution in [0, 0.1) is 6.92 Å². The van der Waals surface area contributed by atoms with Gasteiger partial charge in [0, 0.05) is 24.5 Å². The van der Waals surface area contributed by atoms with Gasteiger partial charge >= 0.3 is 0 Å². The number of carbonyl (C=O) groups excluding carboxylic acids is 1. The first-order valence-electron chi connectivity index (χ1n) is 10.0. The number of thioether (sulfide) groups is 1. The molecule has 1 amide bonds. The number of nitrogens with zero attached hydrogens (tertiary/aromatic N) is 1. The predicted octanol–water partition coefficient (Wildman–Crippen LogP) is 4.30. The predicted molar refractivity (Wildman–Crippen MR) is 124 cm³/mol. The Kier molecular flexibility index (Phi) is 9.20. The second-order valence-corrected chi connectivity index (χ2v) is 9.60. The van der Waals surface area contributed by atoms with Gasteiger partial charge in [-0.1, -0.05) is 43.7 Å². The van der Waals surface area contributed by atoms with Crippen LogP contribution in [-0.2, 0) is 20.6 Å². The standard InChI is InChI=1S/C22H30N2O4S2/c1-5-24(6-2)30(26,27)21-14-19(12-13-20(21)28-7-3)23-22(25)16-29-15-18-10-8-17(4)9-11-18/h8-14H,5-7,15-16H2,1-4H3,(H,23,25). The van der Waals surface area contributed by atoms with Crippen molar-refractivity contribution in [2.45, 2.75) is 38.3 Å². The third kappa shape index (κ3) is 6.48. The Balaban J connectivity index is 2.09. The normalized spacial score (nSPS) is 11.5. The van der Waals surface area contributed by atoms with Crippen LogP contribution in [0.3, 0.4) is 0 Å². The van der Waals surface area contributed by atoms with E-state index in [4.69, 9.17) is 4.74 Å². The maximum absolute atomic E-state index is 13.0. The highest BCUT2D eigenvalue weighted by Gasteiger charge is 2.26.